The lowest BCUT2D eigenvalue weighted by Gasteiger charge is -2.25. The molecule has 1 saturated carbocycles. The van der Waals surface area contributed by atoms with E-state index in [0.29, 0.717) is 23.7 Å². The fourth-order valence-corrected chi connectivity index (χ4v) is 4.44. The predicted octanol–water partition coefficient (Wildman–Crippen LogP) is 3.61. The Hall–Kier alpha value is -1.66. The van der Waals surface area contributed by atoms with Crippen LogP contribution in [0, 0.1) is 0 Å². The number of pyridine rings is 1. The number of halogens is 1. The molecule has 1 N–H and O–H groups in total. The first-order chi connectivity index (χ1) is 12.6. The number of carbonyl (C=O) groups is 1. The Labute approximate surface area is 165 Å². The molecule has 2 saturated heterocycles. The van der Waals surface area contributed by atoms with Crippen LogP contribution < -0.4 is 5.32 Å². The van der Waals surface area contributed by atoms with Gasteiger partial charge in [0.1, 0.15) is 0 Å². The molecule has 5 rings (SSSR count). The highest BCUT2D eigenvalue weighted by molar-refractivity contribution is 6.06. The van der Waals surface area contributed by atoms with Gasteiger partial charge in [-0.2, -0.15) is 0 Å². The Morgan fingerprint density at radius 1 is 1.22 bits per heavy atom. The zero-order valence-electron chi connectivity index (χ0n) is 15.9. The van der Waals surface area contributed by atoms with E-state index in [-0.39, 0.29) is 24.2 Å². The SMILES string of the molecule is CC(C)c1noc2nc(C3CC3)cc(C(=O)N3CCC4CCC(C3)N4)c12.Cl. The topological polar surface area (TPSA) is 71.3 Å². The molecule has 0 spiro atoms. The van der Waals surface area contributed by atoms with E-state index in [0.717, 1.165) is 61.1 Å². The van der Waals surface area contributed by atoms with Crippen molar-refractivity contribution in [1.82, 2.24) is 20.4 Å². The third kappa shape index (κ3) is 3.34. The molecule has 3 aliphatic rings. The minimum Gasteiger partial charge on any atom is -0.337 e. The quantitative estimate of drug-likeness (QED) is 0.866. The fourth-order valence-electron chi connectivity index (χ4n) is 4.44. The van der Waals surface area contributed by atoms with Gasteiger partial charge in [-0.25, -0.2) is 4.98 Å². The van der Waals surface area contributed by atoms with E-state index < -0.39 is 0 Å². The smallest absolute Gasteiger partial charge is 0.259 e. The second kappa shape index (κ2) is 7.06. The molecule has 2 unspecified atom stereocenters. The summed E-state index contributed by atoms with van der Waals surface area (Å²) in [6, 6.07) is 3.01. The van der Waals surface area contributed by atoms with Crippen LogP contribution in [0.2, 0.25) is 0 Å². The van der Waals surface area contributed by atoms with Crippen molar-refractivity contribution in [3.05, 3.63) is 23.0 Å². The minimum atomic E-state index is 0. The van der Waals surface area contributed by atoms with Gasteiger partial charge in [0.2, 0.25) is 0 Å². The lowest BCUT2D eigenvalue weighted by Crippen LogP contribution is -2.39. The summed E-state index contributed by atoms with van der Waals surface area (Å²) in [6.45, 7) is 5.77. The zero-order valence-corrected chi connectivity index (χ0v) is 16.7. The molecule has 6 nitrogen and oxygen atoms in total. The van der Waals surface area contributed by atoms with Gasteiger partial charge in [0.05, 0.1) is 16.6 Å². The first-order valence-corrected chi connectivity index (χ1v) is 9.95. The van der Waals surface area contributed by atoms with Gasteiger partial charge < -0.3 is 14.7 Å². The summed E-state index contributed by atoms with van der Waals surface area (Å²) in [5.41, 5.74) is 3.09. The predicted molar refractivity (Wildman–Crippen MR) is 106 cm³/mol. The zero-order chi connectivity index (χ0) is 17.8. The molecule has 146 valence electrons. The van der Waals surface area contributed by atoms with Crippen LogP contribution >= 0.6 is 12.4 Å². The van der Waals surface area contributed by atoms with Crippen LogP contribution in [-0.4, -0.2) is 46.1 Å². The maximum absolute atomic E-state index is 13.5. The molecular formula is C20H27ClN4O2. The Kier molecular flexibility index (Phi) is 4.89. The van der Waals surface area contributed by atoms with Gasteiger partial charge in [-0.1, -0.05) is 19.0 Å². The molecule has 2 aliphatic heterocycles. The van der Waals surface area contributed by atoms with Gasteiger partial charge in [-0.15, -0.1) is 12.4 Å². The molecule has 0 radical (unpaired) electrons. The lowest BCUT2D eigenvalue weighted by molar-refractivity contribution is 0.0750. The summed E-state index contributed by atoms with van der Waals surface area (Å²) in [5.74, 6) is 0.775. The molecule has 2 aromatic rings. The van der Waals surface area contributed by atoms with E-state index in [2.05, 4.69) is 29.3 Å². The Morgan fingerprint density at radius 2 is 2.00 bits per heavy atom. The first kappa shape index (κ1) is 18.7. The second-order valence-corrected chi connectivity index (χ2v) is 8.45. The summed E-state index contributed by atoms with van der Waals surface area (Å²) < 4.78 is 5.54. The molecule has 2 aromatic heterocycles. The number of likely N-dealkylation sites (tertiary alicyclic amines) is 1. The van der Waals surface area contributed by atoms with Crippen LogP contribution in [-0.2, 0) is 0 Å². The van der Waals surface area contributed by atoms with Gasteiger partial charge in [-0.3, -0.25) is 4.79 Å². The third-order valence-corrected chi connectivity index (χ3v) is 6.08. The number of rotatable bonds is 3. The number of hydrogen-bond donors (Lipinski definition) is 1. The summed E-state index contributed by atoms with van der Waals surface area (Å²) in [7, 11) is 0. The van der Waals surface area contributed by atoms with Crippen molar-refractivity contribution in [2.24, 2.45) is 0 Å². The number of amides is 1. The molecule has 2 atom stereocenters. The van der Waals surface area contributed by atoms with Gasteiger partial charge >= 0.3 is 0 Å². The maximum atomic E-state index is 13.5. The molecule has 2 bridgehead atoms. The van der Waals surface area contributed by atoms with E-state index in [1.165, 1.54) is 6.42 Å². The highest BCUT2D eigenvalue weighted by atomic mass is 35.5. The first-order valence-electron chi connectivity index (χ1n) is 9.95. The van der Waals surface area contributed by atoms with Crippen molar-refractivity contribution in [3.63, 3.8) is 0 Å². The monoisotopic (exact) mass is 390 g/mol. The molecular weight excluding hydrogens is 364 g/mol. The Morgan fingerprint density at radius 3 is 2.74 bits per heavy atom. The maximum Gasteiger partial charge on any atom is 0.259 e. The molecule has 3 fully saturated rings. The molecule has 4 heterocycles. The van der Waals surface area contributed by atoms with E-state index in [1.807, 2.05) is 11.0 Å². The van der Waals surface area contributed by atoms with E-state index in [1.54, 1.807) is 0 Å². The van der Waals surface area contributed by atoms with Crippen LogP contribution in [0.15, 0.2) is 10.6 Å². The standard InChI is InChI=1S/C20H26N4O2.ClH/c1-11(2)18-17-15(9-16(12-3-4-12)22-19(17)26-23-18)20(25)24-8-7-13-5-6-14(10-24)21-13;/h9,11-14,21H,3-8,10H2,1-2H3;1H. The van der Waals surface area contributed by atoms with Crippen LogP contribution in [0.4, 0.5) is 0 Å². The number of fused-ring (bicyclic) bond motifs is 3. The van der Waals surface area contributed by atoms with Crippen LogP contribution in [0.3, 0.4) is 0 Å². The Balaban J connectivity index is 0.00000180. The number of hydrogen-bond acceptors (Lipinski definition) is 5. The second-order valence-electron chi connectivity index (χ2n) is 8.45. The third-order valence-electron chi connectivity index (χ3n) is 6.08. The summed E-state index contributed by atoms with van der Waals surface area (Å²) in [6.07, 6.45) is 5.73. The molecule has 27 heavy (non-hydrogen) atoms. The molecule has 7 heteroatoms. The number of nitrogens with one attached hydrogen (secondary N) is 1. The van der Waals surface area contributed by atoms with Gasteiger partial charge in [0, 0.05) is 36.8 Å². The van der Waals surface area contributed by atoms with Crippen molar-refractivity contribution in [1.29, 1.82) is 0 Å². The Bertz CT molecular complexity index is 861. The van der Waals surface area contributed by atoms with Gasteiger partial charge in [-0.05, 0) is 44.1 Å². The highest BCUT2D eigenvalue weighted by Crippen LogP contribution is 2.41. The van der Waals surface area contributed by atoms with Crippen molar-refractivity contribution < 1.29 is 9.32 Å². The van der Waals surface area contributed by atoms with Crippen molar-refractivity contribution in [3.8, 4) is 0 Å². The minimum absolute atomic E-state index is 0. The normalized spacial score (nSPS) is 24.9. The average molecular weight is 391 g/mol. The van der Waals surface area contributed by atoms with Crippen molar-refractivity contribution in [2.45, 2.75) is 69.9 Å². The molecule has 0 aromatic carbocycles. The van der Waals surface area contributed by atoms with Crippen LogP contribution in [0.5, 0.6) is 0 Å². The molecule has 1 aliphatic carbocycles. The number of carbonyl (C=O) groups excluding carboxylic acids is 1. The number of nitrogens with zero attached hydrogens (tertiary/aromatic N) is 3. The van der Waals surface area contributed by atoms with Crippen LogP contribution in [0.1, 0.15) is 79.5 Å². The summed E-state index contributed by atoms with van der Waals surface area (Å²) in [4.78, 5) is 20.2. The van der Waals surface area contributed by atoms with E-state index in [4.69, 9.17) is 4.52 Å². The molecule has 1 amide bonds. The fraction of sp³-hybridized carbons (Fsp3) is 0.650. The summed E-state index contributed by atoms with van der Waals surface area (Å²) >= 11 is 0. The average Bonchev–Trinajstić information content (AvgIpc) is 3.27. The largest absolute Gasteiger partial charge is 0.337 e. The van der Waals surface area contributed by atoms with Crippen LogP contribution in [0.25, 0.3) is 11.1 Å². The van der Waals surface area contributed by atoms with E-state index in [9.17, 15) is 4.79 Å². The lowest BCUT2D eigenvalue weighted by atomic mass is 10.0. The van der Waals surface area contributed by atoms with Crippen molar-refractivity contribution in [2.75, 3.05) is 13.1 Å². The van der Waals surface area contributed by atoms with Crippen molar-refractivity contribution >= 4 is 29.4 Å². The summed E-state index contributed by atoms with van der Waals surface area (Å²) in [5, 5.41) is 8.71. The highest BCUT2D eigenvalue weighted by Gasteiger charge is 2.34. The number of aromatic nitrogens is 2. The van der Waals surface area contributed by atoms with Gasteiger partial charge in [0.25, 0.3) is 11.6 Å². The van der Waals surface area contributed by atoms with E-state index >= 15 is 0 Å². The van der Waals surface area contributed by atoms with Gasteiger partial charge in [0.15, 0.2) is 0 Å².